The minimum Gasteiger partial charge on any atom is -0.410 e. The lowest BCUT2D eigenvalue weighted by Gasteiger charge is -2.12. The lowest BCUT2D eigenvalue weighted by Crippen LogP contribution is -2.04. The molecular weight excluding hydrogens is 295 g/mol. The molecule has 3 nitrogen and oxygen atoms in total. The van der Waals surface area contributed by atoms with E-state index in [2.05, 4.69) is 11.2 Å². The van der Waals surface area contributed by atoms with E-state index >= 15 is 0 Å². The Kier molecular flexibility index (Phi) is 4.29. The number of benzene rings is 1. The molecule has 0 saturated carbocycles. The summed E-state index contributed by atoms with van der Waals surface area (Å²) in [5.41, 5.74) is 2.95. The number of nitriles is 1. The SMILES string of the molecule is Cc1ccc(C(C#N)=C2C=CC(=NO)C(Cl)=C2Cl)cc1. The van der Waals surface area contributed by atoms with Crippen molar-refractivity contribution in [1.82, 2.24) is 0 Å². The molecule has 0 aromatic heterocycles. The molecule has 1 aromatic carbocycles. The molecule has 1 N–H and O–H groups in total. The number of nitrogens with zero attached hydrogens (tertiary/aromatic N) is 2. The average Bonchev–Trinajstić information content (AvgIpc) is 2.46. The molecule has 1 aromatic rings. The standard InChI is InChI=1S/C15H10Cl2N2O/c1-9-2-4-10(5-3-9)12(8-18)11-6-7-13(19-20)15(17)14(11)16/h2-7,20H,1H3. The summed E-state index contributed by atoms with van der Waals surface area (Å²) < 4.78 is 0. The summed E-state index contributed by atoms with van der Waals surface area (Å²) in [6.45, 7) is 1.97. The van der Waals surface area contributed by atoms with Crippen molar-refractivity contribution in [2.75, 3.05) is 0 Å². The van der Waals surface area contributed by atoms with Gasteiger partial charge in [-0.1, -0.05) is 58.2 Å². The molecular formula is C15H10Cl2N2O. The summed E-state index contributed by atoms with van der Waals surface area (Å²) in [6, 6.07) is 9.67. The lowest BCUT2D eigenvalue weighted by atomic mass is 9.96. The van der Waals surface area contributed by atoms with Crippen LogP contribution in [0.15, 0.2) is 57.2 Å². The van der Waals surface area contributed by atoms with E-state index in [4.69, 9.17) is 28.4 Å². The molecule has 0 aliphatic heterocycles. The largest absolute Gasteiger partial charge is 0.410 e. The van der Waals surface area contributed by atoms with Crippen molar-refractivity contribution in [3.8, 4) is 6.07 Å². The minimum absolute atomic E-state index is 0.117. The van der Waals surface area contributed by atoms with Crippen molar-refractivity contribution >= 4 is 34.5 Å². The first-order valence-electron chi connectivity index (χ1n) is 5.76. The van der Waals surface area contributed by atoms with Gasteiger partial charge < -0.3 is 5.21 Å². The van der Waals surface area contributed by atoms with E-state index in [1.807, 2.05) is 31.2 Å². The van der Waals surface area contributed by atoms with Gasteiger partial charge in [0.15, 0.2) is 0 Å². The molecule has 0 atom stereocenters. The summed E-state index contributed by atoms with van der Waals surface area (Å²) in [5, 5.41) is 21.5. The van der Waals surface area contributed by atoms with Crippen LogP contribution in [0.3, 0.4) is 0 Å². The van der Waals surface area contributed by atoms with Crippen molar-refractivity contribution < 1.29 is 5.21 Å². The third kappa shape index (κ3) is 2.62. The van der Waals surface area contributed by atoms with Crippen molar-refractivity contribution in [2.24, 2.45) is 5.16 Å². The first kappa shape index (κ1) is 14.4. The summed E-state index contributed by atoms with van der Waals surface area (Å²) in [6.07, 6.45) is 3.12. The van der Waals surface area contributed by atoms with Crippen molar-refractivity contribution in [1.29, 1.82) is 5.26 Å². The van der Waals surface area contributed by atoms with Crippen LogP contribution >= 0.6 is 23.2 Å². The first-order chi connectivity index (χ1) is 9.58. The van der Waals surface area contributed by atoms with E-state index in [-0.39, 0.29) is 15.8 Å². The van der Waals surface area contributed by atoms with Crippen LogP contribution in [0.4, 0.5) is 0 Å². The van der Waals surface area contributed by atoms with Gasteiger partial charge in [-0.05, 0) is 24.6 Å². The van der Waals surface area contributed by atoms with Gasteiger partial charge in [-0.2, -0.15) is 5.26 Å². The van der Waals surface area contributed by atoms with Gasteiger partial charge in [-0.15, -0.1) is 0 Å². The molecule has 0 bridgehead atoms. The Bertz CT molecular complexity index is 704. The number of halogens is 2. The minimum atomic E-state index is 0.117. The molecule has 20 heavy (non-hydrogen) atoms. The molecule has 0 saturated heterocycles. The topological polar surface area (TPSA) is 56.4 Å². The van der Waals surface area contributed by atoms with Gasteiger partial charge in [-0.25, -0.2) is 0 Å². The maximum absolute atomic E-state index is 9.38. The number of oxime groups is 1. The molecule has 0 spiro atoms. The van der Waals surface area contributed by atoms with E-state index in [1.54, 1.807) is 6.08 Å². The highest BCUT2D eigenvalue weighted by Crippen LogP contribution is 2.34. The summed E-state index contributed by atoms with van der Waals surface area (Å²) in [5.74, 6) is 0. The van der Waals surface area contributed by atoms with Crippen LogP contribution in [0.25, 0.3) is 5.57 Å². The average molecular weight is 305 g/mol. The predicted octanol–water partition coefficient (Wildman–Crippen LogP) is 4.36. The van der Waals surface area contributed by atoms with Crippen molar-refractivity contribution in [3.63, 3.8) is 0 Å². The van der Waals surface area contributed by atoms with Gasteiger partial charge in [0.25, 0.3) is 0 Å². The predicted molar refractivity (Wildman–Crippen MR) is 80.8 cm³/mol. The molecule has 0 heterocycles. The highest BCUT2D eigenvalue weighted by molar-refractivity contribution is 6.52. The summed E-state index contributed by atoms with van der Waals surface area (Å²) in [7, 11) is 0. The number of aryl methyl sites for hydroxylation is 1. The Morgan fingerprint density at radius 2 is 1.80 bits per heavy atom. The van der Waals surface area contributed by atoms with E-state index in [0.29, 0.717) is 11.1 Å². The van der Waals surface area contributed by atoms with Gasteiger partial charge in [0, 0.05) is 5.57 Å². The fourth-order valence-electron chi connectivity index (χ4n) is 1.81. The Morgan fingerprint density at radius 1 is 1.15 bits per heavy atom. The van der Waals surface area contributed by atoms with Crippen molar-refractivity contribution in [3.05, 3.63) is 63.2 Å². The van der Waals surface area contributed by atoms with E-state index < -0.39 is 0 Å². The molecule has 2 rings (SSSR count). The van der Waals surface area contributed by atoms with E-state index in [0.717, 1.165) is 11.1 Å². The van der Waals surface area contributed by atoms with Crippen LogP contribution in [0, 0.1) is 18.3 Å². The van der Waals surface area contributed by atoms with Gasteiger partial charge in [0.05, 0.1) is 15.6 Å². The van der Waals surface area contributed by atoms with E-state index in [9.17, 15) is 5.26 Å². The first-order valence-corrected chi connectivity index (χ1v) is 6.51. The van der Waals surface area contributed by atoms with Crippen LogP contribution in [0.1, 0.15) is 11.1 Å². The number of hydrogen-bond donors (Lipinski definition) is 1. The summed E-state index contributed by atoms with van der Waals surface area (Å²) in [4.78, 5) is 0. The fraction of sp³-hybridized carbons (Fsp3) is 0.0667. The molecule has 0 fully saturated rings. The Labute approximate surface area is 126 Å². The monoisotopic (exact) mass is 304 g/mol. The molecule has 1 aliphatic rings. The zero-order valence-corrected chi connectivity index (χ0v) is 12.1. The third-order valence-electron chi connectivity index (χ3n) is 2.89. The van der Waals surface area contributed by atoms with Gasteiger partial charge in [-0.3, -0.25) is 0 Å². The highest BCUT2D eigenvalue weighted by Gasteiger charge is 2.20. The van der Waals surface area contributed by atoms with Crippen LogP contribution in [0.5, 0.6) is 0 Å². The zero-order valence-electron chi connectivity index (χ0n) is 10.6. The Balaban J connectivity index is 2.61. The second-order valence-electron chi connectivity index (χ2n) is 4.21. The second-order valence-corrected chi connectivity index (χ2v) is 4.97. The van der Waals surface area contributed by atoms with Crippen LogP contribution in [-0.2, 0) is 0 Å². The van der Waals surface area contributed by atoms with Crippen LogP contribution in [0.2, 0.25) is 0 Å². The Morgan fingerprint density at radius 3 is 2.35 bits per heavy atom. The number of rotatable bonds is 1. The molecule has 0 amide bonds. The molecule has 1 aliphatic carbocycles. The van der Waals surface area contributed by atoms with Gasteiger partial charge in [0.1, 0.15) is 11.8 Å². The normalized spacial score (nSPS) is 19.2. The maximum Gasteiger partial charge on any atom is 0.122 e. The highest BCUT2D eigenvalue weighted by atomic mass is 35.5. The molecule has 100 valence electrons. The molecule has 0 radical (unpaired) electrons. The quantitative estimate of drug-likeness (QED) is 0.476. The number of hydrogen-bond acceptors (Lipinski definition) is 3. The molecule has 5 heteroatoms. The van der Waals surface area contributed by atoms with Crippen LogP contribution in [-0.4, -0.2) is 10.9 Å². The maximum atomic E-state index is 9.38. The van der Waals surface area contributed by atoms with Gasteiger partial charge in [0.2, 0.25) is 0 Å². The summed E-state index contributed by atoms with van der Waals surface area (Å²) >= 11 is 12.2. The van der Waals surface area contributed by atoms with Gasteiger partial charge >= 0.3 is 0 Å². The Hall–Kier alpha value is -2.02. The second kappa shape index (κ2) is 5.96. The van der Waals surface area contributed by atoms with Crippen molar-refractivity contribution in [2.45, 2.75) is 6.92 Å². The smallest absolute Gasteiger partial charge is 0.122 e. The zero-order chi connectivity index (χ0) is 14.7. The van der Waals surface area contributed by atoms with Crippen LogP contribution < -0.4 is 0 Å². The number of allylic oxidation sites excluding steroid dienone is 6. The fourth-order valence-corrected chi connectivity index (χ4v) is 2.27. The molecule has 0 unspecified atom stereocenters. The lowest BCUT2D eigenvalue weighted by molar-refractivity contribution is 0.320. The third-order valence-corrected chi connectivity index (χ3v) is 3.76. The van der Waals surface area contributed by atoms with E-state index in [1.165, 1.54) is 6.08 Å².